The van der Waals surface area contributed by atoms with Gasteiger partial charge < -0.3 is 20.1 Å². The Morgan fingerprint density at radius 1 is 1.14 bits per heavy atom. The first-order valence-corrected chi connectivity index (χ1v) is 8.41. The molecule has 2 atom stereocenters. The number of hydrogen-bond donors (Lipinski definition) is 2. The first kappa shape index (κ1) is 17.3. The third kappa shape index (κ3) is 4.70. The van der Waals surface area contributed by atoms with Crippen molar-refractivity contribution in [1.29, 1.82) is 0 Å². The fraction of sp³-hybridized carbons (Fsp3) is 0.667. The maximum atomic E-state index is 9.19. The molecule has 0 radical (unpaired) electrons. The van der Waals surface area contributed by atoms with Crippen molar-refractivity contribution in [3.63, 3.8) is 0 Å². The number of hydrogen-bond acceptors (Lipinski definition) is 4. The number of nitrogens with one attached hydrogen (secondary N) is 1. The zero-order chi connectivity index (χ0) is 15.9. The fourth-order valence-electron chi connectivity index (χ4n) is 2.96. The first-order chi connectivity index (χ1) is 10.6. The van der Waals surface area contributed by atoms with Gasteiger partial charge in [-0.2, -0.15) is 0 Å². The van der Waals surface area contributed by atoms with E-state index in [-0.39, 0.29) is 12.6 Å². The average Bonchev–Trinajstić information content (AvgIpc) is 2.55. The van der Waals surface area contributed by atoms with Gasteiger partial charge in [0.2, 0.25) is 0 Å². The maximum Gasteiger partial charge on any atom is 0.0642 e. The quantitative estimate of drug-likeness (QED) is 0.813. The van der Waals surface area contributed by atoms with Crippen LogP contribution < -0.4 is 10.2 Å². The predicted molar refractivity (Wildman–Crippen MR) is 91.4 cm³/mol. The Hall–Kier alpha value is -1.10. The molecule has 1 fully saturated rings. The lowest BCUT2D eigenvalue weighted by molar-refractivity contribution is 0.122. The zero-order valence-electron chi connectivity index (χ0n) is 14.1. The summed E-state index contributed by atoms with van der Waals surface area (Å²) < 4.78 is 5.40. The molecular formula is C18H30N2O2. The summed E-state index contributed by atoms with van der Waals surface area (Å²) in [6.07, 6.45) is 0.799. The molecule has 1 aliphatic heterocycles. The topological polar surface area (TPSA) is 44.7 Å². The Morgan fingerprint density at radius 2 is 1.77 bits per heavy atom. The van der Waals surface area contributed by atoms with Gasteiger partial charge >= 0.3 is 0 Å². The average molecular weight is 306 g/mol. The van der Waals surface area contributed by atoms with E-state index < -0.39 is 0 Å². The Morgan fingerprint density at radius 3 is 2.32 bits per heavy atom. The third-order valence-corrected chi connectivity index (χ3v) is 4.48. The van der Waals surface area contributed by atoms with E-state index in [0.29, 0.717) is 12.0 Å². The highest BCUT2D eigenvalue weighted by Crippen LogP contribution is 2.21. The molecule has 0 bridgehead atoms. The van der Waals surface area contributed by atoms with Crippen LogP contribution in [0.25, 0.3) is 0 Å². The molecule has 1 heterocycles. The minimum Gasteiger partial charge on any atom is -0.396 e. The highest BCUT2D eigenvalue weighted by Gasteiger charge is 2.17. The van der Waals surface area contributed by atoms with Gasteiger partial charge in [0, 0.05) is 37.5 Å². The van der Waals surface area contributed by atoms with Gasteiger partial charge in [0.15, 0.2) is 0 Å². The van der Waals surface area contributed by atoms with Crippen molar-refractivity contribution >= 4 is 5.69 Å². The van der Waals surface area contributed by atoms with E-state index in [1.165, 1.54) is 11.3 Å². The monoisotopic (exact) mass is 306 g/mol. The van der Waals surface area contributed by atoms with Crippen LogP contribution in [-0.2, 0) is 4.74 Å². The standard InChI is InChI=1S/C18H30N2O2/c1-14(2)18(8-11-21)19-15(3)16-4-6-17(7-5-16)20-9-12-22-13-10-20/h4-7,14-15,18-19,21H,8-13H2,1-3H3. The van der Waals surface area contributed by atoms with Crippen LogP contribution in [0, 0.1) is 5.92 Å². The van der Waals surface area contributed by atoms with Gasteiger partial charge in [-0.15, -0.1) is 0 Å². The van der Waals surface area contributed by atoms with Gasteiger partial charge in [-0.1, -0.05) is 26.0 Å². The maximum absolute atomic E-state index is 9.19. The molecule has 2 N–H and O–H groups in total. The highest BCUT2D eigenvalue weighted by molar-refractivity contribution is 5.48. The van der Waals surface area contributed by atoms with Crippen LogP contribution in [0.15, 0.2) is 24.3 Å². The smallest absolute Gasteiger partial charge is 0.0642 e. The van der Waals surface area contributed by atoms with E-state index in [9.17, 15) is 5.11 Å². The predicted octanol–water partition coefficient (Wildman–Crippen LogP) is 2.58. The summed E-state index contributed by atoms with van der Waals surface area (Å²) in [5.74, 6) is 0.516. The first-order valence-electron chi connectivity index (χ1n) is 8.41. The van der Waals surface area contributed by atoms with E-state index in [1.54, 1.807) is 0 Å². The van der Waals surface area contributed by atoms with Crippen molar-refractivity contribution < 1.29 is 9.84 Å². The minimum absolute atomic E-state index is 0.235. The van der Waals surface area contributed by atoms with E-state index >= 15 is 0 Å². The van der Waals surface area contributed by atoms with Crippen LogP contribution in [-0.4, -0.2) is 44.1 Å². The van der Waals surface area contributed by atoms with Gasteiger partial charge in [-0.25, -0.2) is 0 Å². The molecule has 1 saturated heterocycles. The molecule has 1 aromatic carbocycles. The molecule has 4 nitrogen and oxygen atoms in total. The van der Waals surface area contributed by atoms with Crippen LogP contribution in [0.3, 0.4) is 0 Å². The molecule has 2 rings (SSSR count). The van der Waals surface area contributed by atoms with Gasteiger partial charge in [0.05, 0.1) is 13.2 Å². The zero-order valence-corrected chi connectivity index (χ0v) is 14.1. The second kappa shape index (κ2) is 8.51. The van der Waals surface area contributed by atoms with Gasteiger partial charge in [-0.3, -0.25) is 0 Å². The Balaban J connectivity index is 1.96. The molecule has 1 aliphatic rings. The molecule has 4 heteroatoms. The number of aliphatic hydroxyl groups excluding tert-OH is 1. The number of benzene rings is 1. The molecular weight excluding hydrogens is 276 g/mol. The normalized spacial score (nSPS) is 18.5. The second-order valence-corrected chi connectivity index (χ2v) is 6.44. The number of aliphatic hydroxyl groups is 1. The molecule has 0 aromatic heterocycles. The summed E-state index contributed by atoms with van der Waals surface area (Å²) in [5.41, 5.74) is 2.57. The van der Waals surface area contributed by atoms with E-state index in [2.05, 4.69) is 55.3 Å². The lowest BCUT2D eigenvalue weighted by Crippen LogP contribution is -2.37. The summed E-state index contributed by atoms with van der Waals surface area (Å²) in [6, 6.07) is 9.46. The molecule has 0 spiro atoms. The molecule has 0 saturated carbocycles. The molecule has 2 unspecified atom stereocenters. The second-order valence-electron chi connectivity index (χ2n) is 6.44. The van der Waals surface area contributed by atoms with E-state index in [1.807, 2.05) is 0 Å². The van der Waals surface area contributed by atoms with Crippen molar-refractivity contribution in [2.75, 3.05) is 37.8 Å². The largest absolute Gasteiger partial charge is 0.396 e. The molecule has 22 heavy (non-hydrogen) atoms. The number of rotatable bonds is 7. The molecule has 0 amide bonds. The van der Waals surface area contributed by atoms with Crippen molar-refractivity contribution in [2.45, 2.75) is 39.3 Å². The van der Waals surface area contributed by atoms with Gasteiger partial charge in [0.1, 0.15) is 0 Å². The van der Waals surface area contributed by atoms with Crippen LogP contribution in [0.1, 0.15) is 38.8 Å². The van der Waals surface area contributed by atoms with Crippen LogP contribution in [0.4, 0.5) is 5.69 Å². The van der Waals surface area contributed by atoms with Crippen LogP contribution in [0.5, 0.6) is 0 Å². The summed E-state index contributed by atoms with van der Waals surface area (Å²) in [5, 5.41) is 12.8. The van der Waals surface area contributed by atoms with Crippen molar-refractivity contribution in [3.05, 3.63) is 29.8 Å². The third-order valence-electron chi connectivity index (χ3n) is 4.48. The van der Waals surface area contributed by atoms with Crippen molar-refractivity contribution in [1.82, 2.24) is 5.32 Å². The number of anilines is 1. The lowest BCUT2D eigenvalue weighted by atomic mass is 9.98. The molecule has 0 aliphatic carbocycles. The summed E-state index contributed by atoms with van der Waals surface area (Å²) in [7, 11) is 0. The number of ether oxygens (including phenoxy) is 1. The number of nitrogens with zero attached hydrogens (tertiary/aromatic N) is 1. The van der Waals surface area contributed by atoms with Gasteiger partial charge in [0.25, 0.3) is 0 Å². The fourth-order valence-corrected chi connectivity index (χ4v) is 2.96. The minimum atomic E-state index is 0.235. The van der Waals surface area contributed by atoms with Crippen molar-refractivity contribution in [2.24, 2.45) is 5.92 Å². The lowest BCUT2D eigenvalue weighted by Gasteiger charge is -2.29. The van der Waals surface area contributed by atoms with E-state index in [4.69, 9.17) is 4.74 Å². The summed E-state index contributed by atoms with van der Waals surface area (Å²) in [6.45, 7) is 10.4. The summed E-state index contributed by atoms with van der Waals surface area (Å²) >= 11 is 0. The Bertz CT molecular complexity index is 427. The highest BCUT2D eigenvalue weighted by atomic mass is 16.5. The Labute approximate surface area is 134 Å². The van der Waals surface area contributed by atoms with Gasteiger partial charge in [-0.05, 0) is 37.0 Å². The molecule has 1 aromatic rings. The summed E-state index contributed by atoms with van der Waals surface area (Å²) in [4.78, 5) is 2.37. The Kier molecular flexibility index (Phi) is 6.68. The van der Waals surface area contributed by atoms with Crippen molar-refractivity contribution in [3.8, 4) is 0 Å². The van der Waals surface area contributed by atoms with E-state index in [0.717, 1.165) is 32.7 Å². The molecule has 124 valence electrons. The number of morpholine rings is 1. The SMILES string of the molecule is CC(NC(CCO)C(C)C)c1ccc(N2CCOCC2)cc1. The van der Waals surface area contributed by atoms with Crippen LogP contribution >= 0.6 is 0 Å². The van der Waals surface area contributed by atoms with Crippen LogP contribution in [0.2, 0.25) is 0 Å².